The highest BCUT2D eigenvalue weighted by atomic mass is 16.5. The fraction of sp³-hybridized carbons (Fsp3) is 0.0476. The Morgan fingerprint density at radius 2 is 1.72 bits per heavy atom. The number of methoxy groups -OCH3 is 1. The molecule has 0 bridgehead atoms. The Balaban J connectivity index is 2.01. The molecule has 4 heteroatoms. The van der Waals surface area contributed by atoms with E-state index in [4.69, 9.17) is 9.72 Å². The van der Waals surface area contributed by atoms with Crippen LogP contribution in [0.1, 0.15) is 5.56 Å². The SMILES string of the molecule is COc1cc(-c2nc3ccccc3n2-c2ccccc2)ccc1C#N. The van der Waals surface area contributed by atoms with Gasteiger partial charge < -0.3 is 4.74 Å². The van der Waals surface area contributed by atoms with Crippen LogP contribution in [0.4, 0.5) is 0 Å². The molecule has 1 aromatic heterocycles. The minimum absolute atomic E-state index is 0.508. The number of imidazole rings is 1. The maximum absolute atomic E-state index is 9.21. The Kier molecular flexibility index (Phi) is 3.68. The van der Waals surface area contributed by atoms with Crippen LogP contribution in [-0.4, -0.2) is 16.7 Å². The molecule has 0 aliphatic carbocycles. The lowest BCUT2D eigenvalue weighted by atomic mass is 10.1. The maximum Gasteiger partial charge on any atom is 0.145 e. The first kappa shape index (κ1) is 15.0. The van der Waals surface area contributed by atoms with Gasteiger partial charge in [0.15, 0.2) is 0 Å². The summed E-state index contributed by atoms with van der Waals surface area (Å²) in [6.45, 7) is 0. The lowest BCUT2D eigenvalue weighted by molar-refractivity contribution is 0.413. The third-order valence-electron chi connectivity index (χ3n) is 4.16. The summed E-state index contributed by atoms with van der Waals surface area (Å²) in [6, 6.07) is 25.8. The van der Waals surface area contributed by atoms with Crippen LogP contribution in [0.25, 0.3) is 28.1 Å². The fourth-order valence-electron chi connectivity index (χ4n) is 2.98. The van der Waals surface area contributed by atoms with Crippen LogP contribution >= 0.6 is 0 Å². The Labute approximate surface area is 145 Å². The number of ether oxygens (including phenoxy) is 1. The van der Waals surface area contributed by atoms with E-state index in [9.17, 15) is 5.26 Å². The maximum atomic E-state index is 9.21. The van der Waals surface area contributed by atoms with Crippen LogP contribution < -0.4 is 4.74 Å². The Morgan fingerprint density at radius 1 is 0.960 bits per heavy atom. The van der Waals surface area contributed by atoms with Crippen molar-refractivity contribution in [2.45, 2.75) is 0 Å². The van der Waals surface area contributed by atoms with Gasteiger partial charge in [-0.05, 0) is 42.5 Å². The van der Waals surface area contributed by atoms with Gasteiger partial charge in [0, 0.05) is 11.3 Å². The van der Waals surface area contributed by atoms with Gasteiger partial charge in [-0.1, -0.05) is 30.3 Å². The average Bonchev–Trinajstić information content (AvgIpc) is 3.07. The van der Waals surface area contributed by atoms with Crippen LogP contribution in [-0.2, 0) is 0 Å². The molecule has 4 nitrogen and oxygen atoms in total. The molecule has 4 aromatic rings. The van der Waals surface area contributed by atoms with E-state index < -0.39 is 0 Å². The predicted octanol–water partition coefficient (Wildman–Crippen LogP) is 4.57. The summed E-state index contributed by atoms with van der Waals surface area (Å²) in [4.78, 5) is 4.81. The number of para-hydroxylation sites is 3. The second kappa shape index (κ2) is 6.14. The summed E-state index contributed by atoms with van der Waals surface area (Å²) in [5.74, 6) is 1.36. The number of rotatable bonds is 3. The Hall–Kier alpha value is -3.58. The molecule has 0 amide bonds. The summed E-state index contributed by atoms with van der Waals surface area (Å²) < 4.78 is 7.48. The van der Waals surface area contributed by atoms with Crippen LogP contribution in [0.15, 0.2) is 72.8 Å². The molecular weight excluding hydrogens is 310 g/mol. The van der Waals surface area contributed by atoms with Crippen molar-refractivity contribution in [3.05, 3.63) is 78.4 Å². The van der Waals surface area contributed by atoms with Gasteiger partial charge in [-0.2, -0.15) is 5.26 Å². The number of hydrogen-bond donors (Lipinski definition) is 0. The lowest BCUT2D eigenvalue weighted by Crippen LogP contribution is -1.98. The molecule has 3 aromatic carbocycles. The van der Waals surface area contributed by atoms with E-state index in [-0.39, 0.29) is 0 Å². The van der Waals surface area contributed by atoms with Gasteiger partial charge in [-0.25, -0.2) is 4.98 Å². The highest BCUT2D eigenvalue weighted by Crippen LogP contribution is 2.31. The van der Waals surface area contributed by atoms with Crippen molar-refractivity contribution in [3.63, 3.8) is 0 Å². The minimum atomic E-state index is 0.508. The molecular formula is C21H15N3O. The number of benzene rings is 3. The number of fused-ring (bicyclic) bond motifs is 1. The fourth-order valence-corrected chi connectivity index (χ4v) is 2.98. The molecule has 0 atom stereocenters. The van der Waals surface area contributed by atoms with Crippen molar-refractivity contribution >= 4 is 11.0 Å². The zero-order valence-corrected chi connectivity index (χ0v) is 13.7. The molecule has 0 spiro atoms. The summed E-state index contributed by atoms with van der Waals surface area (Å²) in [6.07, 6.45) is 0. The summed E-state index contributed by atoms with van der Waals surface area (Å²) in [7, 11) is 1.57. The molecule has 0 radical (unpaired) electrons. The Bertz CT molecular complexity index is 1090. The first-order valence-electron chi connectivity index (χ1n) is 7.93. The van der Waals surface area contributed by atoms with E-state index in [1.165, 1.54) is 0 Å². The molecule has 0 saturated carbocycles. The molecule has 0 aliphatic heterocycles. The predicted molar refractivity (Wildman–Crippen MR) is 97.8 cm³/mol. The van der Waals surface area contributed by atoms with Crippen molar-refractivity contribution in [1.82, 2.24) is 9.55 Å². The van der Waals surface area contributed by atoms with Crippen LogP contribution in [0.5, 0.6) is 5.75 Å². The average molecular weight is 325 g/mol. The first-order chi connectivity index (χ1) is 12.3. The Morgan fingerprint density at radius 3 is 2.48 bits per heavy atom. The number of nitriles is 1. The number of aromatic nitrogens is 2. The standard InChI is InChI=1S/C21H15N3O/c1-25-20-13-15(11-12-16(20)14-22)21-23-18-9-5-6-10-19(18)24(21)17-7-3-2-4-8-17/h2-13H,1H3. The smallest absolute Gasteiger partial charge is 0.145 e. The summed E-state index contributed by atoms with van der Waals surface area (Å²) >= 11 is 0. The van der Waals surface area contributed by atoms with Crippen molar-refractivity contribution in [2.24, 2.45) is 0 Å². The van der Waals surface area contributed by atoms with Gasteiger partial charge in [-0.3, -0.25) is 4.57 Å². The zero-order valence-electron chi connectivity index (χ0n) is 13.7. The molecule has 0 saturated heterocycles. The van der Waals surface area contributed by atoms with Crippen LogP contribution in [0, 0.1) is 11.3 Å². The van der Waals surface area contributed by atoms with E-state index in [0.29, 0.717) is 11.3 Å². The zero-order chi connectivity index (χ0) is 17.2. The first-order valence-corrected chi connectivity index (χ1v) is 7.93. The lowest BCUT2D eigenvalue weighted by Gasteiger charge is -2.11. The number of hydrogen-bond acceptors (Lipinski definition) is 3. The number of nitrogens with zero attached hydrogens (tertiary/aromatic N) is 3. The van der Waals surface area contributed by atoms with E-state index in [0.717, 1.165) is 28.1 Å². The van der Waals surface area contributed by atoms with Crippen molar-refractivity contribution in [1.29, 1.82) is 5.26 Å². The highest BCUT2D eigenvalue weighted by molar-refractivity contribution is 5.83. The molecule has 0 fully saturated rings. The topological polar surface area (TPSA) is 50.8 Å². The van der Waals surface area contributed by atoms with Crippen molar-refractivity contribution in [3.8, 4) is 28.9 Å². The molecule has 25 heavy (non-hydrogen) atoms. The second-order valence-corrected chi connectivity index (χ2v) is 5.62. The van der Waals surface area contributed by atoms with Gasteiger partial charge >= 0.3 is 0 Å². The van der Waals surface area contributed by atoms with Gasteiger partial charge in [0.05, 0.1) is 23.7 Å². The second-order valence-electron chi connectivity index (χ2n) is 5.62. The molecule has 0 N–H and O–H groups in total. The molecule has 0 aliphatic rings. The normalized spacial score (nSPS) is 10.6. The van der Waals surface area contributed by atoms with Gasteiger partial charge in [0.1, 0.15) is 17.6 Å². The van der Waals surface area contributed by atoms with Crippen LogP contribution in [0.3, 0.4) is 0 Å². The minimum Gasteiger partial charge on any atom is -0.495 e. The third-order valence-corrected chi connectivity index (χ3v) is 4.16. The molecule has 4 rings (SSSR count). The van der Waals surface area contributed by atoms with E-state index >= 15 is 0 Å². The molecule has 1 heterocycles. The monoisotopic (exact) mass is 325 g/mol. The van der Waals surface area contributed by atoms with Gasteiger partial charge in [0.25, 0.3) is 0 Å². The van der Waals surface area contributed by atoms with Gasteiger partial charge in [0.2, 0.25) is 0 Å². The van der Waals surface area contributed by atoms with Gasteiger partial charge in [-0.15, -0.1) is 0 Å². The van der Waals surface area contributed by atoms with E-state index in [2.05, 4.69) is 28.8 Å². The van der Waals surface area contributed by atoms with Crippen LogP contribution in [0.2, 0.25) is 0 Å². The molecule has 120 valence electrons. The quantitative estimate of drug-likeness (QED) is 0.554. The summed E-state index contributed by atoms with van der Waals surface area (Å²) in [5, 5.41) is 9.21. The van der Waals surface area contributed by atoms with Crippen molar-refractivity contribution in [2.75, 3.05) is 7.11 Å². The third kappa shape index (κ3) is 2.52. The van der Waals surface area contributed by atoms with Crippen molar-refractivity contribution < 1.29 is 4.74 Å². The van der Waals surface area contributed by atoms with E-state index in [1.54, 1.807) is 13.2 Å². The largest absolute Gasteiger partial charge is 0.495 e. The highest BCUT2D eigenvalue weighted by Gasteiger charge is 2.15. The van der Waals surface area contributed by atoms with E-state index in [1.807, 2.05) is 48.5 Å². The summed E-state index contributed by atoms with van der Waals surface area (Å²) in [5.41, 5.74) is 4.40. The molecule has 0 unspecified atom stereocenters.